The van der Waals surface area contributed by atoms with Crippen molar-refractivity contribution < 1.29 is 9.72 Å². The molecule has 3 heterocycles. The van der Waals surface area contributed by atoms with Crippen LogP contribution in [0, 0.1) is 29.9 Å². The van der Waals surface area contributed by atoms with Gasteiger partial charge in [-0.1, -0.05) is 6.92 Å². The average molecular weight is 392 g/mol. The molecular weight excluding hydrogens is 368 g/mol. The quantitative estimate of drug-likeness (QED) is 0.598. The van der Waals surface area contributed by atoms with Crippen LogP contribution in [0.5, 0.6) is 0 Å². The highest BCUT2D eigenvalue weighted by Crippen LogP contribution is 2.23. The van der Waals surface area contributed by atoms with Crippen LogP contribution >= 0.6 is 11.3 Å². The van der Waals surface area contributed by atoms with Gasteiger partial charge in [0.05, 0.1) is 10.6 Å². The second kappa shape index (κ2) is 8.13. The van der Waals surface area contributed by atoms with Crippen molar-refractivity contribution in [1.29, 1.82) is 0 Å². The van der Waals surface area contributed by atoms with Gasteiger partial charge in [0, 0.05) is 11.9 Å². The highest BCUT2D eigenvalue weighted by Gasteiger charge is 2.23. The van der Waals surface area contributed by atoms with Crippen molar-refractivity contribution in [2.75, 3.05) is 18.4 Å². The molecule has 0 spiro atoms. The zero-order valence-electron chi connectivity index (χ0n) is 15.8. The van der Waals surface area contributed by atoms with Gasteiger partial charge >= 0.3 is 5.69 Å². The number of aryl methyl sites for hydroxylation is 1. The molecule has 0 atom stereocenters. The Morgan fingerprint density at radius 1 is 1.41 bits per heavy atom. The lowest BCUT2D eigenvalue weighted by atomic mass is 9.99. The fourth-order valence-electron chi connectivity index (χ4n) is 3.29. The summed E-state index contributed by atoms with van der Waals surface area (Å²) in [5, 5.41) is 20.4. The van der Waals surface area contributed by atoms with E-state index in [1.165, 1.54) is 28.9 Å². The molecule has 2 aromatic heterocycles. The zero-order valence-corrected chi connectivity index (χ0v) is 16.6. The number of aromatic nitrogens is 3. The van der Waals surface area contributed by atoms with Gasteiger partial charge in [-0.05, 0) is 45.7 Å². The summed E-state index contributed by atoms with van der Waals surface area (Å²) in [6, 6.07) is 0. The van der Waals surface area contributed by atoms with Crippen molar-refractivity contribution in [2.24, 2.45) is 5.92 Å². The third kappa shape index (κ3) is 4.69. The number of carbonyl (C=O) groups is 1. The predicted octanol–water partition coefficient (Wildman–Crippen LogP) is 2.74. The Kier molecular flexibility index (Phi) is 5.85. The van der Waals surface area contributed by atoms with E-state index < -0.39 is 4.92 Å². The Morgan fingerprint density at radius 2 is 2.11 bits per heavy atom. The fraction of sp³-hybridized carbons (Fsp3) is 0.588. The van der Waals surface area contributed by atoms with Gasteiger partial charge in [-0.3, -0.25) is 24.5 Å². The molecule has 146 valence electrons. The maximum Gasteiger partial charge on any atom is 0.312 e. The van der Waals surface area contributed by atoms with Crippen molar-refractivity contribution in [1.82, 2.24) is 19.7 Å². The number of rotatable bonds is 6. The van der Waals surface area contributed by atoms with Crippen LogP contribution in [-0.4, -0.2) is 43.6 Å². The molecular formula is C17H24N6O3S. The molecule has 27 heavy (non-hydrogen) atoms. The van der Waals surface area contributed by atoms with Gasteiger partial charge in [0.15, 0.2) is 5.13 Å². The molecule has 9 nitrogen and oxygen atoms in total. The molecule has 10 heteroatoms. The van der Waals surface area contributed by atoms with Gasteiger partial charge in [-0.15, -0.1) is 11.3 Å². The largest absolute Gasteiger partial charge is 0.312 e. The Balaban J connectivity index is 1.57. The summed E-state index contributed by atoms with van der Waals surface area (Å²) in [5.74, 6) is 0.486. The zero-order chi connectivity index (χ0) is 19.6. The van der Waals surface area contributed by atoms with E-state index in [1.54, 1.807) is 13.8 Å². The van der Waals surface area contributed by atoms with Crippen molar-refractivity contribution in [2.45, 2.75) is 46.7 Å². The summed E-state index contributed by atoms with van der Waals surface area (Å²) in [7, 11) is 0. The Labute approximate surface area is 161 Å². The molecule has 1 aliphatic rings. The number of nitrogens with one attached hydrogen (secondary N) is 1. The van der Waals surface area contributed by atoms with Crippen LogP contribution in [0.3, 0.4) is 0 Å². The summed E-state index contributed by atoms with van der Waals surface area (Å²) < 4.78 is 1.35. The number of amides is 1. The molecule has 1 saturated heterocycles. The molecule has 0 saturated carbocycles. The van der Waals surface area contributed by atoms with Crippen molar-refractivity contribution in [3.8, 4) is 0 Å². The number of nitro groups is 1. The van der Waals surface area contributed by atoms with E-state index in [0.717, 1.165) is 31.2 Å². The lowest BCUT2D eigenvalue weighted by Crippen LogP contribution is -2.32. The molecule has 1 N–H and O–H groups in total. The second-order valence-corrected chi connectivity index (χ2v) is 7.94. The smallest absolute Gasteiger partial charge is 0.300 e. The fourth-order valence-corrected chi connectivity index (χ4v) is 4.00. The number of hydrogen-bond acceptors (Lipinski definition) is 7. The van der Waals surface area contributed by atoms with Crippen molar-refractivity contribution >= 4 is 28.1 Å². The van der Waals surface area contributed by atoms with Gasteiger partial charge in [0.25, 0.3) is 0 Å². The monoisotopic (exact) mass is 392 g/mol. The van der Waals surface area contributed by atoms with E-state index in [4.69, 9.17) is 0 Å². The number of hydrogen-bond donors (Lipinski definition) is 1. The minimum atomic E-state index is -0.472. The van der Waals surface area contributed by atoms with Crippen LogP contribution in [0.4, 0.5) is 10.8 Å². The number of nitrogens with zero attached hydrogens (tertiary/aromatic N) is 5. The Hall–Kier alpha value is -2.33. The summed E-state index contributed by atoms with van der Waals surface area (Å²) in [6.07, 6.45) is 2.42. The van der Waals surface area contributed by atoms with Crippen LogP contribution in [0.1, 0.15) is 36.8 Å². The van der Waals surface area contributed by atoms with E-state index in [9.17, 15) is 14.9 Å². The van der Waals surface area contributed by atoms with E-state index in [0.29, 0.717) is 16.5 Å². The van der Waals surface area contributed by atoms with E-state index in [1.807, 2.05) is 5.38 Å². The van der Waals surface area contributed by atoms with Gasteiger partial charge in [0.1, 0.15) is 17.9 Å². The molecule has 0 bridgehead atoms. The number of likely N-dealkylation sites (tertiary alicyclic amines) is 1. The van der Waals surface area contributed by atoms with Crippen LogP contribution in [0.15, 0.2) is 5.38 Å². The summed E-state index contributed by atoms with van der Waals surface area (Å²) >= 11 is 1.39. The van der Waals surface area contributed by atoms with Gasteiger partial charge in [-0.2, -0.15) is 5.10 Å². The standard InChI is InChI=1S/C17H24N6O3S/c1-11-4-6-21(7-5-11)8-14-10-27-17(18-14)19-15(24)9-22-13(3)16(23(25)26)12(2)20-22/h10-11H,4-9H2,1-3H3,(H,18,19,24). The topological polar surface area (TPSA) is 106 Å². The molecule has 1 amide bonds. The minimum Gasteiger partial charge on any atom is -0.300 e. The first-order chi connectivity index (χ1) is 12.8. The lowest BCUT2D eigenvalue weighted by molar-refractivity contribution is -0.386. The molecule has 0 unspecified atom stereocenters. The van der Waals surface area contributed by atoms with E-state index in [-0.39, 0.29) is 18.1 Å². The molecule has 1 fully saturated rings. The highest BCUT2D eigenvalue weighted by molar-refractivity contribution is 7.13. The number of piperidine rings is 1. The first-order valence-corrected chi connectivity index (χ1v) is 9.86. The van der Waals surface area contributed by atoms with Gasteiger partial charge in [-0.25, -0.2) is 4.98 Å². The second-order valence-electron chi connectivity index (χ2n) is 7.09. The lowest BCUT2D eigenvalue weighted by Gasteiger charge is -2.29. The third-order valence-corrected chi connectivity index (χ3v) is 5.69. The average Bonchev–Trinajstić information content (AvgIpc) is 3.13. The van der Waals surface area contributed by atoms with Crippen molar-refractivity contribution in [3.63, 3.8) is 0 Å². The molecule has 1 aliphatic heterocycles. The van der Waals surface area contributed by atoms with Crippen LogP contribution in [-0.2, 0) is 17.9 Å². The maximum absolute atomic E-state index is 12.3. The Bertz CT molecular complexity index is 838. The predicted molar refractivity (Wildman–Crippen MR) is 103 cm³/mol. The van der Waals surface area contributed by atoms with E-state index >= 15 is 0 Å². The van der Waals surface area contributed by atoms with Crippen LogP contribution in [0.25, 0.3) is 0 Å². The summed E-state index contributed by atoms with van der Waals surface area (Å²) in [4.78, 5) is 29.7. The summed E-state index contributed by atoms with van der Waals surface area (Å²) in [5.41, 5.74) is 1.58. The Morgan fingerprint density at radius 3 is 2.74 bits per heavy atom. The molecule has 2 aromatic rings. The van der Waals surface area contributed by atoms with Crippen molar-refractivity contribution in [3.05, 3.63) is 32.6 Å². The highest BCUT2D eigenvalue weighted by atomic mass is 32.1. The van der Waals surface area contributed by atoms with Gasteiger partial charge < -0.3 is 5.32 Å². The molecule has 3 rings (SSSR count). The molecule has 0 aromatic carbocycles. The molecule has 0 aliphatic carbocycles. The first-order valence-electron chi connectivity index (χ1n) is 8.98. The summed E-state index contributed by atoms with van der Waals surface area (Å²) in [6.45, 7) is 8.31. The van der Waals surface area contributed by atoms with E-state index in [2.05, 4.69) is 27.2 Å². The van der Waals surface area contributed by atoms with Crippen LogP contribution in [0.2, 0.25) is 0 Å². The van der Waals surface area contributed by atoms with Crippen LogP contribution < -0.4 is 5.32 Å². The molecule has 0 radical (unpaired) electrons. The first kappa shape index (κ1) is 19.4. The normalized spacial score (nSPS) is 15.8. The maximum atomic E-state index is 12.3. The number of carbonyl (C=O) groups excluding carboxylic acids is 1. The third-order valence-electron chi connectivity index (χ3n) is 4.88. The SMILES string of the molecule is Cc1nn(CC(=O)Nc2nc(CN3CCC(C)CC3)cs2)c(C)c1[N+](=O)[O-]. The minimum absolute atomic E-state index is 0.0461. The van der Waals surface area contributed by atoms with Gasteiger partial charge in [0.2, 0.25) is 5.91 Å². The number of anilines is 1. The number of thiazole rings is 1.